The van der Waals surface area contributed by atoms with Crippen molar-refractivity contribution < 1.29 is 9.90 Å². The number of nitrogens with zero attached hydrogens (tertiary/aromatic N) is 1. The van der Waals surface area contributed by atoms with Crippen LogP contribution in [0, 0.1) is 0 Å². The second-order valence-electron chi connectivity index (χ2n) is 3.89. The Hall–Kier alpha value is -0.870. The molecule has 0 radical (unpaired) electrons. The summed E-state index contributed by atoms with van der Waals surface area (Å²) in [7, 11) is 0. The highest BCUT2D eigenvalue weighted by molar-refractivity contribution is 7.13. The van der Waals surface area contributed by atoms with E-state index in [1.807, 2.05) is 6.07 Å². The lowest BCUT2D eigenvalue weighted by molar-refractivity contribution is 0.0702. The standard InChI is InChI=1S/C12H19NO2S/c1-4-9(3)13(5-2)8-10-6-7-11(16-10)12(14)15/h6-7,9H,4-5,8H2,1-3H3,(H,14,15). The van der Waals surface area contributed by atoms with Gasteiger partial charge >= 0.3 is 5.97 Å². The van der Waals surface area contributed by atoms with Crippen LogP contribution >= 0.6 is 11.3 Å². The molecule has 0 spiro atoms. The lowest BCUT2D eigenvalue weighted by atomic mass is 10.2. The average Bonchev–Trinajstić information content (AvgIpc) is 2.73. The Balaban J connectivity index is 2.67. The maximum Gasteiger partial charge on any atom is 0.345 e. The van der Waals surface area contributed by atoms with E-state index >= 15 is 0 Å². The first-order valence-corrected chi connectivity index (χ1v) is 6.46. The van der Waals surface area contributed by atoms with Crippen LogP contribution in [0.2, 0.25) is 0 Å². The van der Waals surface area contributed by atoms with E-state index in [4.69, 9.17) is 5.11 Å². The van der Waals surface area contributed by atoms with Gasteiger partial charge in [-0.3, -0.25) is 4.90 Å². The van der Waals surface area contributed by atoms with Gasteiger partial charge in [-0.05, 0) is 32.0 Å². The molecule has 90 valence electrons. The molecule has 1 unspecified atom stereocenters. The number of aromatic carboxylic acids is 1. The maximum atomic E-state index is 10.8. The first kappa shape index (κ1) is 13.2. The summed E-state index contributed by atoms with van der Waals surface area (Å²) in [5, 5.41) is 8.84. The number of hydrogen-bond donors (Lipinski definition) is 1. The highest BCUT2D eigenvalue weighted by Gasteiger charge is 2.13. The molecule has 1 N–H and O–H groups in total. The molecule has 0 bridgehead atoms. The van der Waals surface area contributed by atoms with E-state index in [0.29, 0.717) is 10.9 Å². The molecule has 1 atom stereocenters. The van der Waals surface area contributed by atoms with Crippen LogP contribution in [0.3, 0.4) is 0 Å². The Bertz CT molecular complexity index is 349. The molecule has 1 heterocycles. The van der Waals surface area contributed by atoms with Gasteiger partial charge < -0.3 is 5.11 Å². The van der Waals surface area contributed by atoms with Crippen LogP contribution in [0.4, 0.5) is 0 Å². The minimum absolute atomic E-state index is 0.426. The van der Waals surface area contributed by atoms with Crippen molar-refractivity contribution in [1.29, 1.82) is 0 Å². The topological polar surface area (TPSA) is 40.5 Å². The van der Waals surface area contributed by atoms with Crippen LogP contribution in [0.1, 0.15) is 41.7 Å². The number of carboxylic acid groups (broad SMARTS) is 1. The third-order valence-electron chi connectivity index (χ3n) is 2.85. The Morgan fingerprint density at radius 2 is 2.19 bits per heavy atom. The zero-order chi connectivity index (χ0) is 12.1. The van der Waals surface area contributed by atoms with Crippen molar-refractivity contribution >= 4 is 17.3 Å². The van der Waals surface area contributed by atoms with Crippen molar-refractivity contribution in [2.75, 3.05) is 6.54 Å². The van der Waals surface area contributed by atoms with Gasteiger partial charge in [-0.25, -0.2) is 4.79 Å². The quantitative estimate of drug-likeness (QED) is 0.832. The fourth-order valence-electron chi connectivity index (χ4n) is 1.62. The molecule has 0 saturated heterocycles. The predicted molar refractivity (Wildman–Crippen MR) is 67.1 cm³/mol. The maximum absolute atomic E-state index is 10.8. The molecule has 1 aromatic rings. The molecule has 0 amide bonds. The van der Waals surface area contributed by atoms with Gasteiger partial charge in [-0.1, -0.05) is 13.8 Å². The average molecular weight is 241 g/mol. The SMILES string of the molecule is CCC(C)N(CC)Cc1ccc(C(=O)O)s1. The molecule has 3 nitrogen and oxygen atoms in total. The zero-order valence-electron chi connectivity index (χ0n) is 10.1. The number of carboxylic acids is 1. The van der Waals surface area contributed by atoms with Crippen molar-refractivity contribution in [2.24, 2.45) is 0 Å². The fourth-order valence-corrected chi connectivity index (χ4v) is 2.49. The molecule has 0 aliphatic heterocycles. The lowest BCUT2D eigenvalue weighted by Gasteiger charge is -2.26. The number of rotatable bonds is 6. The van der Waals surface area contributed by atoms with Gasteiger partial charge in [-0.15, -0.1) is 11.3 Å². The predicted octanol–water partition coefficient (Wildman–Crippen LogP) is 3.07. The third-order valence-corrected chi connectivity index (χ3v) is 3.91. The molecule has 4 heteroatoms. The molecule has 16 heavy (non-hydrogen) atoms. The molecule has 1 aromatic heterocycles. The van der Waals surface area contributed by atoms with Gasteiger partial charge in [0.05, 0.1) is 0 Å². The van der Waals surface area contributed by atoms with Crippen LogP contribution in [-0.4, -0.2) is 28.6 Å². The van der Waals surface area contributed by atoms with E-state index in [2.05, 4.69) is 25.7 Å². The summed E-state index contributed by atoms with van der Waals surface area (Å²) in [5.41, 5.74) is 0. The van der Waals surface area contributed by atoms with Crippen molar-refractivity contribution in [1.82, 2.24) is 4.90 Å². The molecule has 0 fully saturated rings. The van der Waals surface area contributed by atoms with E-state index in [-0.39, 0.29) is 0 Å². The van der Waals surface area contributed by atoms with Gasteiger partial charge in [0, 0.05) is 17.5 Å². The van der Waals surface area contributed by atoms with Gasteiger partial charge in [0.2, 0.25) is 0 Å². The van der Waals surface area contributed by atoms with E-state index in [1.165, 1.54) is 11.3 Å². The lowest BCUT2D eigenvalue weighted by Crippen LogP contribution is -2.31. The molecular weight excluding hydrogens is 222 g/mol. The normalized spacial score (nSPS) is 13.0. The van der Waals surface area contributed by atoms with Crippen LogP contribution in [0.15, 0.2) is 12.1 Å². The van der Waals surface area contributed by atoms with Crippen molar-refractivity contribution in [3.63, 3.8) is 0 Å². The van der Waals surface area contributed by atoms with Gasteiger partial charge in [0.25, 0.3) is 0 Å². The highest BCUT2D eigenvalue weighted by atomic mass is 32.1. The molecule has 0 saturated carbocycles. The number of hydrogen-bond acceptors (Lipinski definition) is 3. The first-order valence-electron chi connectivity index (χ1n) is 5.64. The summed E-state index contributed by atoms with van der Waals surface area (Å²) in [5.74, 6) is -0.831. The van der Waals surface area contributed by atoms with E-state index in [1.54, 1.807) is 6.07 Å². The zero-order valence-corrected chi connectivity index (χ0v) is 10.9. The summed E-state index contributed by atoms with van der Waals surface area (Å²) in [4.78, 5) is 14.7. The second kappa shape index (κ2) is 6.01. The smallest absolute Gasteiger partial charge is 0.345 e. The molecule has 1 rings (SSSR count). The monoisotopic (exact) mass is 241 g/mol. The second-order valence-corrected chi connectivity index (χ2v) is 5.06. The molecule has 0 aromatic carbocycles. The molecule has 0 aliphatic rings. The summed E-state index contributed by atoms with van der Waals surface area (Å²) in [6.45, 7) is 8.36. The largest absolute Gasteiger partial charge is 0.477 e. The molecule has 0 aliphatic carbocycles. The summed E-state index contributed by atoms with van der Waals surface area (Å²) >= 11 is 1.37. The summed E-state index contributed by atoms with van der Waals surface area (Å²) in [6.07, 6.45) is 1.12. The van der Waals surface area contributed by atoms with Crippen molar-refractivity contribution in [3.05, 3.63) is 21.9 Å². The van der Waals surface area contributed by atoms with E-state index in [9.17, 15) is 4.79 Å². The van der Waals surface area contributed by atoms with Crippen LogP contribution in [0.5, 0.6) is 0 Å². The molecular formula is C12H19NO2S. The van der Waals surface area contributed by atoms with Crippen LogP contribution in [0.25, 0.3) is 0 Å². The Labute approximate surface area is 101 Å². The van der Waals surface area contributed by atoms with E-state index < -0.39 is 5.97 Å². The van der Waals surface area contributed by atoms with Crippen molar-refractivity contribution in [2.45, 2.75) is 39.8 Å². The number of carbonyl (C=O) groups is 1. The van der Waals surface area contributed by atoms with Crippen LogP contribution in [-0.2, 0) is 6.54 Å². The first-order chi connectivity index (χ1) is 7.58. The van der Waals surface area contributed by atoms with Gasteiger partial charge in [0.15, 0.2) is 0 Å². The fraction of sp³-hybridized carbons (Fsp3) is 0.583. The summed E-state index contributed by atoms with van der Waals surface area (Å²) < 4.78 is 0. The number of thiophene rings is 1. The highest BCUT2D eigenvalue weighted by Crippen LogP contribution is 2.19. The van der Waals surface area contributed by atoms with Gasteiger partial charge in [0.1, 0.15) is 4.88 Å². The van der Waals surface area contributed by atoms with Crippen LogP contribution < -0.4 is 0 Å². The summed E-state index contributed by atoms with van der Waals surface area (Å²) in [6, 6.07) is 4.15. The Morgan fingerprint density at radius 1 is 1.50 bits per heavy atom. The minimum Gasteiger partial charge on any atom is -0.477 e. The Morgan fingerprint density at radius 3 is 2.62 bits per heavy atom. The van der Waals surface area contributed by atoms with Gasteiger partial charge in [-0.2, -0.15) is 0 Å². The van der Waals surface area contributed by atoms with E-state index in [0.717, 1.165) is 24.4 Å². The minimum atomic E-state index is -0.831. The Kier molecular flexibility index (Phi) is 4.96. The third kappa shape index (κ3) is 3.32. The van der Waals surface area contributed by atoms with Crippen molar-refractivity contribution in [3.8, 4) is 0 Å².